The Morgan fingerprint density at radius 1 is 1.36 bits per heavy atom. The first kappa shape index (κ1) is 23.7. The van der Waals surface area contributed by atoms with Crippen LogP contribution in [0.1, 0.15) is 32.6 Å². The van der Waals surface area contributed by atoms with Crippen molar-refractivity contribution in [3.8, 4) is 0 Å². The van der Waals surface area contributed by atoms with E-state index in [0.29, 0.717) is 30.0 Å². The van der Waals surface area contributed by atoms with E-state index in [1.54, 1.807) is 30.3 Å². The molecule has 9 heteroatoms. The Morgan fingerprint density at radius 2 is 2.09 bits per heavy atom. The van der Waals surface area contributed by atoms with Gasteiger partial charge in [-0.05, 0) is 37.8 Å². The molecule has 3 saturated heterocycles. The van der Waals surface area contributed by atoms with E-state index in [9.17, 15) is 24.6 Å². The number of hydrogen-bond donors (Lipinski definition) is 2. The number of aliphatic hydroxyl groups is 1. The third kappa shape index (κ3) is 3.38. The van der Waals surface area contributed by atoms with Gasteiger partial charge in [0.05, 0.1) is 22.2 Å². The number of fused-ring (bicyclic) bond motifs is 1. The molecule has 3 aliphatic rings. The third-order valence-electron chi connectivity index (χ3n) is 7.46. The molecule has 2 bridgehead atoms. The first-order chi connectivity index (χ1) is 15.8. The van der Waals surface area contributed by atoms with Crippen LogP contribution in [0.2, 0.25) is 5.02 Å². The van der Waals surface area contributed by atoms with Crippen LogP contribution in [0, 0.1) is 11.8 Å². The summed E-state index contributed by atoms with van der Waals surface area (Å²) < 4.78 is 6.49. The van der Waals surface area contributed by atoms with Gasteiger partial charge in [0.2, 0.25) is 5.91 Å². The molecule has 178 valence electrons. The number of ether oxygens (including phenoxy) is 1. The zero-order valence-electron chi connectivity index (χ0n) is 18.6. The first-order valence-electron chi connectivity index (χ1n) is 11.3. The highest BCUT2D eigenvalue weighted by Crippen LogP contribution is 2.64. The lowest BCUT2D eigenvalue weighted by atomic mass is 9.65. The molecule has 8 nitrogen and oxygen atoms in total. The molecule has 0 aromatic heterocycles. The van der Waals surface area contributed by atoms with Gasteiger partial charge in [-0.1, -0.05) is 36.7 Å². The molecule has 2 unspecified atom stereocenters. The molecular formula is C24H29ClN2O6. The minimum atomic E-state index is -1.23. The number of para-hydroxylation sites is 1. The first-order valence-corrected chi connectivity index (χ1v) is 11.7. The van der Waals surface area contributed by atoms with E-state index in [2.05, 4.69) is 6.58 Å². The summed E-state index contributed by atoms with van der Waals surface area (Å²) in [6.45, 7) is 5.74. The number of carboxylic acid groups (broad SMARTS) is 1. The van der Waals surface area contributed by atoms with Crippen LogP contribution in [0.3, 0.4) is 0 Å². The van der Waals surface area contributed by atoms with E-state index in [1.807, 2.05) is 6.92 Å². The maximum atomic E-state index is 14.1. The summed E-state index contributed by atoms with van der Waals surface area (Å²) in [5, 5.41) is 19.9. The maximum absolute atomic E-state index is 14.1. The second-order valence-electron chi connectivity index (χ2n) is 8.97. The number of halogens is 1. The van der Waals surface area contributed by atoms with E-state index < -0.39 is 46.9 Å². The number of anilines is 1. The molecule has 1 aromatic carbocycles. The fraction of sp³-hybridized carbons (Fsp3) is 0.542. The number of benzene rings is 1. The second kappa shape index (κ2) is 8.74. The number of aliphatic carboxylic acids is 1. The summed E-state index contributed by atoms with van der Waals surface area (Å²) in [4.78, 5) is 43.0. The van der Waals surface area contributed by atoms with Gasteiger partial charge in [-0.25, -0.2) is 0 Å². The van der Waals surface area contributed by atoms with Crippen molar-refractivity contribution < 1.29 is 29.3 Å². The molecule has 3 aliphatic heterocycles. The SMILES string of the molecule is C=CCN(C(=O)C1N(CCCO)C(=O)[C@@H]2[C@@H](C(=O)O)[C@@]3(CC)CCC12O3)c1ccccc1Cl. The van der Waals surface area contributed by atoms with Gasteiger partial charge in [-0.3, -0.25) is 14.4 Å². The van der Waals surface area contributed by atoms with Crippen LogP contribution in [-0.2, 0) is 19.1 Å². The van der Waals surface area contributed by atoms with E-state index in [-0.39, 0.29) is 26.1 Å². The monoisotopic (exact) mass is 476 g/mol. The van der Waals surface area contributed by atoms with E-state index in [0.717, 1.165) is 0 Å². The molecule has 2 N–H and O–H groups in total. The quantitative estimate of drug-likeness (QED) is 0.530. The standard InChI is InChI=1S/C24H29ClN2O6/c1-3-12-26(16-9-6-5-8-15(16)25)21(30)19-24-11-10-23(4-2,33-24)18(22(31)32)17(24)20(29)27(19)13-7-14-28/h3,5-6,8-9,17-19,28H,1,4,7,10-14H2,2H3,(H,31,32)/t17-,18-,19?,23+,24?/m0/s1. The van der Waals surface area contributed by atoms with E-state index >= 15 is 0 Å². The van der Waals surface area contributed by atoms with Crippen molar-refractivity contribution >= 4 is 35.1 Å². The molecule has 1 spiro atoms. The Bertz CT molecular complexity index is 985. The number of carbonyl (C=O) groups is 3. The Morgan fingerprint density at radius 3 is 2.70 bits per heavy atom. The predicted octanol–water partition coefficient (Wildman–Crippen LogP) is 2.48. The van der Waals surface area contributed by atoms with Gasteiger partial charge in [0.25, 0.3) is 5.91 Å². The van der Waals surface area contributed by atoms with Crippen molar-refractivity contribution in [3.05, 3.63) is 41.9 Å². The van der Waals surface area contributed by atoms with Crippen LogP contribution >= 0.6 is 11.6 Å². The van der Waals surface area contributed by atoms with E-state index in [1.165, 1.54) is 9.80 Å². The number of rotatable bonds is 9. The summed E-state index contributed by atoms with van der Waals surface area (Å²) in [6.07, 6.45) is 3.16. The number of amides is 2. The average Bonchev–Trinajstić information content (AvgIpc) is 3.40. The van der Waals surface area contributed by atoms with Crippen molar-refractivity contribution in [3.63, 3.8) is 0 Å². The lowest BCUT2D eigenvalue weighted by Gasteiger charge is -2.37. The number of carbonyl (C=O) groups excluding carboxylic acids is 2. The van der Waals surface area contributed by atoms with Crippen molar-refractivity contribution in [2.75, 3.05) is 24.6 Å². The van der Waals surface area contributed by atoms with E-state index in [4.69, 9.17) is 16.3 Å². The van der Waals surface area contributed by atoms with Crippen LogP contribution < -0.4 is 4.90 Å². The topological polar surface area (TPSA) is 107 Å². The molecule has 0 radical (unpaired) electrons. The van der Waals surface area contributed by atoms with Crippen LogP contribution in [0.15, 0.2) is 36.9 Å². The molecule has 4 rings (SSSR count). The van der Waals surface area contributed by atoms with Gasteiger partial charge < -0.3 is 24.7 Å². The number of nitrogens with zero attached hydrogens (tertiary/aromatic N) is 2. The lowest BCUT2D eigenvalue weighted by molar-refractivity contribution is -0.155. The molecule has 33 heavy (non-hydrogen) atoms. The summed E-state index contributed by atoms with van der Waals surface area (Å²) >= 11 is 6.40. The Labute approximate surface area is 197 Å². The lowest BCUT2D eigenvalue weighted by Crippen LogP contribution is -2.56. The van der Waals surface area contributed by atoms with Gasteiger partial charge in [0.15, 0.2) is 0 Å². The largest absolute Gasteiger partial charge is 0.481 e. The summed E-state index contributed by atoms with van der Waals surface area (Å²) in [6, 6.07) is 5.89. The predicted molar refractivity (Wildman–Crippen MR) is 122 cm³/mol. The van der Waals surface area contributed by atoms with Gasteiger partial charge in [0, 0.05) is 19.7 Å². The molecule has 0 aliphatic carbocycles. The Kier molecular flexibility index (Phi) is 6.28. The molecule has 3 heterocycles. The number of likely N-dealkylation sites (tertiary alicyclic amines) is 1. The van der Waals surface area contributed by atoms with Gasteiger partial charge in [-0.15, -0.1) is 6.58 Å². The van der Waals surface area contributed by atoms with Crippen LogP contribution in [-0.4, -0.2) is 69.8 Å². The number of hydrogen-bond acceptors (Lipinski definition) is 5. The highest BCUT2D eigenvalue weighted by molar-refractivity contribution is 6.34. The highest BCUT2D eigenvalue weighted by Gasteiger charge is 2.79. The molecule has 3 fully saturated rings. The summed E-state index contributed by atoms with van der Waals surface area (Å²) in [7, 11) is 0. The molecule has 5 atom stereocenters. The van der Waals surface area contributed by atoms with Crippen molar-refractivity contribution in [1.29, 1.82) is 0 Å². The second-order valence-corrected chi connectivity index (χ2v) is 9.38. The maximum Gasteiger partial charge on any atom is 0.310 e. The molecular weight excluding hydrogens is 448 g/mol. The normalized spacial score (nSPS) is 32.2. The molecule has 2 amide bonds. The minimum absolute atomic E-state index is 0.128. The zero-order valence-corrected chi connectivity index (χ0v) is 19.3. The third-order valence-corrected chi connectivity index (χ3v) is 7.78. The fourth-order valence-corrected chi connectivity index (χ4v) is 6.35. The van der Waals surface area contributed by atoms with Gasteiger partial charge in [0.1, 0.15) is 17.6 Å². The van der Waals surface area contributed by atoms with Crippen molar-refractivity contribution in [2.24, 2.45) is 11.8 Å². The molecule has 1 aromatic rings. The van der Waals surface area contributed by atoms with Crippen molar-refractivity contribution in [1.82, 2.24) is 4.90 Å². The van der Waals surface area contributed by atoms with Crippen LogP contribution in [0.25, 0.3) is 0 Å². The average molecular weight is 477 g/mol. The van der Waals surface area contributed by atoms with Crippen LogP contribution in [0.4, 0.5) is 5.69 Å². The fourth-order valence-electron chi connectivity index (χ4n) is 6.11. The number of aliphatic hydroxyl groups excluding tert-OH is 1. The van der Waals surface area contributed by atoms with Gasteiger partial charge >= 0.3 is 5.97 Å². The van der Waals surface area contributed by atoms with Crippen LogP contribution in [0.5, 0.6) is 0 Å². The Hall–Kier alpha value is -2.42. The highest BCUT2D eigenvalue weighted by atomic mass is 35.5. The number of carboxylic acids is 1. The Balaban J connectivity index is 1.83. The minimum Gasteiger partial charge on any atom is -0.481 e. The summed E-state index contributed by atoms with van der Waals surface area (Å²) in [5.41, 5.74) is -1.73. The molecule has 0 saturated carbocycles. The zero-order chi connectivity index (χ0) is 24.0. The van der Waals surface area contributed by atoms with Gasteiger partial charge in [-0.2, -0.15) is 0 Å². The smallest absolute Gasteiger partial charge is 0.310 e. The summed E-state index contributed by atoms with van der Waals surface area (Å²) in [5.74, 6) is -3.85. The van der Waals surface area contributed by atoms with Crippen molar-refractivity contribution in [2.45, 2.75) is 49.9 Å².